The molecule has 2 amide bonds. The molecule has 28 heavy (non-hydrogen) atoms. The van der Waals surface area contributed by atoms with Crippen molar-refractivity contribution in [3.63, 3.8) is 0 Å². The summed E-state index contributed by atoms with van der Waals surface area (Å²) in [5.74, 6) is -0.308. The van der Waals surface area contributed by atoms with Crippen LogP contribution in [0.25, 0.3) is 0 Å². The molecule has 0 radical (unpaired) electrons. The smallest absolute Gasteiger partial charge is 0.255 e. The van der Waals surface area contributed by atoms with Gasteiger partial charge in [-0.2, -0.15) is 0 Å². The number of carbonyl (C=O) groups excluding carboxylic acids is 2. The molecule has 0 heterocycles. The van der Waals surface area contributed by atoms with Crippen LogP contribution in [0.3, 0.4) is 0 Å². The van der Waals surface area contributed by atoms with Gasteiger partial charge in [0.15, 0.2) is 0 Å². The van der Waals surface area contributed by atoms with Crippen molar-refractivity contribution < 1.29 is 9.59 Å². The Morgan fingerprint density at radius 2 is 1.54 bits per heavy atom. The summed E-state index contributed by atoms with van der Waals surface area (Å²) in [4.78, 5) is 24.5. The van der Waals surface area contributed by atoms with Gasteiger partial charge in [0, 0.05) is 22.6 Å². The van der Waals surface area contributed by atoms with Crippen molar-refractivity contribution >= 4 is 28.9 Å². The van der Waals surface area contributed by atoms with E-state index in [2.05, 4.69) is 16.0 Å². The van der Waals surface area contributed by atoms with Crippen LogP contribution < -0.4 is 16.0 Å². The highest BCUT2D eigenvalue weighted by Gasteiger charge is 2.07. The lowest BCUT2D eigenvalue weighted by Crippen LogP contribution is -2.22. The van der Waals surface area contributed by atoms with E-state index >= 15 is 0 Å². The van der Waals surface area contributed by atoms with Crippen LogP contribution in [0.2, 0.25) is 0 Å². The predicted molar refractivity (Wildman–Crippen MR) is 114 cm³/mol. The van der Waals surface area contributed by atoms with Crippen LogP contribution in [0.4, 0.5) is 17.1 Å². The van der Waals surface area contributed by atoms with Crippen molar-refractivity contribution in [1.29, 1.82) is 0 Å². The van der Waals surface area contributed by atoms with E-state index in [-0.39, 0.29) is 18.4 Å². The van der Waals surface area contributed by atoms with Crippen molar-refractivity contribution in [2.45, 2.75) is 13.8 Å². The topological polar surface area (TPSA) is 70.2 Å². The second kappa shape index (κ2) is 8.86. The van der Waals surface area contributed by atoms with Crippen molar-refractivity contribution in [1.82, 2.24) is 0 Å². The van der Waals surface area contributed by atoms with Gasteiger partial charge >= 0.3 is 0 Å². The van der Waals surface area contributed by atoms with Gasteiger partial charge in [0.25, 0.3) is 5.91 Å². The molecule has 0 aliphatic carbocycles. The number of aryl methyl sites for hydroxylation is 2. The van der Waals surface area contributed by atoms with Crippen LogP contribution in [0.5, 0.6) is 0 Å². The number of rotatable bonds is 6. The molecule has 0 atom stereocenters. The molecular formula is C23H23N3O2. The highest BCUT2D eigenvalue weighted by molar-refractivity contribution is 6.04. The molecule has 5 heteroatoms. The standard InChI is InChI=1S/C23H23N3O2/c1-16-11-12-17(2)21(13-16)26-22(27)15-24-19-9-6-10-20(14-19)25-23(28)18-7-4-3-5-8-18/h3-14,24H,15H2,1-2H3,(H,25,28)(H,26,27). The van der Waals surface area contributed by atoms with E-state index in [0.717, 1.165) is 22.5 Å². The molecule has 0 fully saturated rings. The largest absolute Gasteiger partial charge is 0.376 e. The number of amides is 2. The maximum Gasteiger partial charge on any atom is 0.255 e. The van der Waals surface area contributed by atoms with Crippen molar-refractivity contribution in [3.8, 4) is 0 Å². The molecule has 3 aromatic carbocycles. The zero-order valence-corrected chi connectivity index (χ0v) is 16.0. The third kappa shape index (κ3) is 5.20. The van der Waals surface area contributed by atoms with Gasteiger partial charge in [-0.25, -0.2) is 0 Å². The van der Waals surface area contributed by atoms with E-state index in [4.69, 9.17) is 0 Å². The van der Waals surface area contributed by atoms with Crippen LogP contribution in [0.15, 0.2) is 72.8 Å². The second-order valence-electron chi connectivity index (χ2n) is 6.62. The Bertz CT molecular complexity index is 984. The molecule has 3 aromatic rings. The number of hydrogen-bond acceptors (Lipinski definition) is 3. The van der Waals surface area contributed by atoms with Gasteiger partial charge in [-0.15, -0.1) is 0 Å². The second-order valence-corrected chi connectivity index (χ2v) is 6.62. The van der Waals surface area contributed by atoms with Crippen molar-refractivity contribution in [2.24, 2.45) is 0 Å². The summed E-state index contributed by atoms with van der Waals surface area (Å²) in [6.45, 7) is 4.08. The molecule has 0 saturated heterocycles. The zero-order valence-electron chi connectivity index (χ0n) is 16.0. The van der Waals surface area contributed by atoms with Gasteiger partial charge in [-0.1, -0.05) is 36.4 Å². The first-order valence-corrected chi connectivity index (χ1v) is 9.09. The van der Waals surface area contributed by atoms with Crippen molar-refractivity contribution in [2.75, 3.05) is 22.5 Å². The SMILES string of the molecule is Cc1ccc(C)c(NC(=O)CNc2cccc(NC(=O)c3ccccc3)c2)c1. The quantitative estimate of drug-likeness (QED) is 0.591. The van der Waals surface area contributed by atoms with Gasteiger partial charge in [-0.3, -0.25) is 9.59 Å². The highest BCUT2D eigenvalue weighted by atomic mass is 16.2. The lowest BCUT2D eigenvalue weighted by Gasteiger charge is -2.12. The van der Waals surface area contributed by atoms with Gasteiger partial charge in [0.2, 0.25) is 5.91 Å². The maximum atomic E-state index is 12.3. The molecule has 3 N–H and O–H groups in total. The first-order chi connectivity index (χ1) is 13.5. The number of anilines is 3. The van der Waals surface area contributed by atoms with E-state index in [1.54, 1.807) is 18.2 Å². The fraction of sp³-hybridized carbons (Fsp3) is 0.130. The average molecular weight is 373 g/mol. The minimum atomic E-state index is -0.176. The summed E-state index contributed by atoms with van der Waals surface area (Å²) in [5.41, 5.74) is 4.93. The summed E-state index contributed by atoms with van der Waals surface area (Å²) in [6.07, 6.45) is 0. The van der Waals surface area contributed by atoms with E-state index < -0.39 is 0 Å². The van der Waals surface area contributed by atoms with Crippen LogP contribution in [0, 0.1) is 13.8 Å². The summed E-state index contributed by atoms with van der Waals surface area (Å²) < 4.78 is 0. The Hall–Kier alpha value is -3.60. The molecule has 0 aliphatic rings. The van der Waals surface area contributed by atoms with Crippen LogP contribution in [-0.2, 0) is 4.79 Å². The summed E-state index contributed by atoms with van der Waals surface area (Å²) in [5, 5.41) is 8.87. The fourth-order valence-electron chi connectivity index (χ4n) is 2.75. The summed E-state index contributed by atoms with van der Waals surface area (Å²) in [6, 6.07) is 22.3. The number of hydrogen-bond donors (Lipinski definition) is 3. The molecule has 0 aromatic heterocycles. The molecule has 3 rings (SSSR count). The normalized spacial score (nSPS) is 10.2. The van der Waals surface area contributed by atoms with Gasteiger partial charge in [0.1, 0.15) is 0 Å². The van der Waals surface area contributed by atoms with Gasteiger partial charge in [0.05, 0.1) is 6.54 Å². The van der Waals surface area contributed by atoms with Gasteiger partial charge < -0.3 is 16.0 Å². The van der Waals surface area contributed by atoms with Gasteiger partial charge in [-0.05, 0) is 61.4 Å². The Labute approximate surface area is 164 Å². The Morgan fingerprint density at radius 1 is 0.786 bits per heavy atom. The van der Waals surface area contributed by atoms with Crippen LogP contribution >= 0.6 is 0 Å². The minimum Gasteiger partial charge on any atom is -0.376 e. The lowest BCUT2D eigenvalue weighted by molar-refractivity contribution is -0.114. The van der Waals surface area contributed by atoms with E-state index in [9.17, 15) is 9.59 Å². The molecule has 0 aliphatic heterocycles. The molecule has 5 nitrogen and oxygen atoms in total. The highest BCUT2D eigenvalue weighted by Crippen LogP contribution is 2.18. The van der Waals surface area contributed by atoms with Crippen LogP contribution in [-0.4, -0.2) is 18.4 Å². The van der Waals surface area contributed by atoms with E-state index in [1.807, 2.05) is 68.4 Å². The van der Waals surface area contributed by atoms with Crippen molar-refractivity contribution in [3.05, 3.63) is 89.5 Å². The molecule has 0 unspecified atom stereocenters. The first kappa shape index (κ1) is 19.2. The molecule has 142 valence electrons. The maximum absolute atomic E-state index is 12.3. The Balaban J connectivity index is 1.58. The fourth-order valence-corrected chi connectivity index (χ4v) is 2.75. The summed E-state index contributed by atoms with van der Waals surface area (Å²) in [7, 11) is 0. The molecule has 0 saturated carbocycles. The molecular weight excluding hydrogens is 350 g/mol. The van der Waals surface area contributed by atoms with E-state index in [0.29, 0.717) is 11.3 Å². The first-order valence-electron chi connectivity index (χ1n) is 9.09. The Morgan fingerprint density at radius 3 is 2.32 bits per heavy atom. The average Bonchev–Trinajstić information content (AvgIpc) is 2.70. The van der Waals surface area contributed by atoms with E-state index in [1.165, 1.54) is 0 Å². The number of benzene rings is 3. The predicted octanol–water partition coefficient (Wildman–Crippen LogP) is 4.61. The number of nitrogens with one attached hydrogen (secondary N) is 3. The molecule has 0 spiro atoms. The summed E-state index contributed by atoms with van der Waals surface area (Å²) >= 11 is 0. The zero-order chi connectivity index (χ0) is 19.9. The van der Waals surface area contributed by atoms with Crippen LogP contribution in [0.1, 0.15) is 21.5 Å². The third-order valence-electron chi connectivity index (χ3n) is 4.28. The lowest BCUT2D eigenvalue weighted by atomic mass is 10.1. The monoisotopic (exact) mass is 373 g/mol. The number of carbonyl (C=O) groups is 2. The molecule has 0 bridgehead atoms. The minimum absolute atomic E-state index is 0.128. The Kier molecular flexibility index (Phi) is 6.07. The third-order valence-corrected chi connectivity index (χ3v) is 4.28.